The Kier molecular flexibility index (Phi) is 4.58. The zero-order chi connectivity index (χ0) is 18.5. The smallest absolute Gasteiger partial charge is 0.162 e. The Morgan fingerprint density at radius 1 is 1.12 bits per heavy atom. The molecule has 1 unspecified atom stereocenters. The molecule has 1 aliphatic carbocycles. The van der Waals surface area contributed by atoms with Gasteiger partial charge in [0.25, 0.3) is 0 Å². The lowest BCUT2D eigenvalue weighted by atomic mass is 9.74. The minimum absolute atomic E-state index is 0.0544. The van der Waals surface area contributed by atoms with Gasteiger partial charge in [-0.2, -0.15) is 0 Å². The predicted octanol–water partition coefficient (Wildman–Crippen LogP) is 6.90. The molecule has 26 heavy (non-hydrogen) atoms. The molecule has 0 saturated carbocycles. The first-order valence-corrected chi connectivity index (χ1v) is 10.2. The summed E-state index contributed by atoms with van der Waals surface area (Å²) in [5.74, 6) is 0.195. The van der Waals surface area contributed by atoms with Gasteiger partial charge in [-0.25, -0.2) is 0 Å². The lowest BCUT2D eigenvalue weighted by Gasteiger charge is -2.34. The fraction of sp³-hybridized carbons (Fsp3) is 0.286. The maximum atomic E-state index is 13.1. The molecule has 0 spiro atoms. The predicted molar refractivity (Wildman–Crippen MR) is 110 cm³/mol. The van der Waals surface area contributed by atoms with Gasteiger partial charge in [-0.1, -0.05) is 55.2 Å². The number of halogens is 2. The van der Waals surface area contributed by atoms with Gasteiger partial charge >= 0.3 is 0 Å². The number of hydrogen-bond donors (Lipinski definition) is 1. The highest BCUT2D eigenvalue weighted by Crippen LogP contribution is 2.53. The number of hydrogen-bond acceptors (Lipinski definition) is 3. The SMILES string of the molecule is CC1(C)CC(=O)C2=C(C1)Nc1ccccc1SC2c1ccc(Cl)cc1Cl. The molecule has 1 heterocycles. The summed E-state index contributed by atoms with van der Waals surface area (Å²) in [7, 11) is 0. The number of ketones is 1. The first-order valence-electron chi connectivity index (χ1n) is 8.58. The van der Waals surface area contributed by atoms with Crippen LogP contribution in [0.2, 0.25) is 10.0 Å². The van der Waals surface area contributed by atoms with Gasteiger partial charge in [0.2, 0.25) is 0 Å². The van der Waals surface area contributed by atoms with Gasteiger partial charge in [0.15, 0.2) is 5.78 Å². The average molecular weight is 404 g/mol. The van der Waals surface area contributed by atoms with E-state index in [1.807, 2.05) is 24.3 Å². The van der Waals surface area contributed by atoms with Crippen LogP contribution in [-0.2, 0) is 4.79 Å². The Bertz CT molecular complexity index is 935. The van der Waals surface area contributed by atoms with Gasteiger partial charge < -0.3 is 5.32 Å². The second kappa shape index (κ2) is 6.63. The van der Waals surface area contributed by atoms with Gasteiger partial charge in [-0.05, 0) is 41.7 Å². The van der Waals surface area contributed by atoms with Crippen LogP contribution in [0.1, 0.15) is 37.5 Å². The van der Waals surface area contributed by atoms with Crippen LogP contribution in [0.15, 0.2) is 58.6 Å². The molecule has 1 N–H and O–H groups in total. The molecule has 134 valence electrons. The topological polar surface area (TPSA) is 29.1 Å². The number of para-hydroxylation sites is 1. The summed E-state index contributed by atoms with van der Waals surface area (Å²) in [6, 6.07) is 13.7. The van der Waals surface area contributed by atoms with Crippen LogP contribution in [0.4, 0.5) is 5.69 Å². The molecule has 2 aromatic carbocycles. The number of allylic oxidation sites excluding steroid dienone is 1. The lowest BCUT2D eigenvalue weighted by molar-refractivity contribution is -0.118. The number of benzene rings is 2. The van der Waals surface area contributed by atoms with Crippen LogP contribution < -0.4 is 5.32 Å². The van der Waals surface area contributed by atoms with Crippen LogP contribution in [0.3, 0.4) is 0 Å². The number of thioether (sulfide) groups is 1. The van der Waals surface area contributed by atoms with E-state index in [4.69, 9.17) is 23.2 Å². The first-order chi connectivity index (χ1) is 12.3. The van der Waals surface area contributed by atoms with Crippen molar-refractivity contribution in [1.82, 2.24) is 0 Å². The van der Waals surface area contributed by atoms with Crippen molar-refractivity contribution in [2.75, 3.05) is 5.32 Å². The zero-order valence-corrected chi connectivity index (χ0v) is 16.9. The minimum Gasteiger partial charge on any atom is -0.358 e. The van der Waals surface area contributed by atoms with E-state index >= 15 is 0 Å². The summed E-state index contributed by atoms with van der Waals surface area (Å²) >= 11 is 14.3. The molecule has 1 aliphatic heterocycles. The molecule has 5 heteroatoms. The van der Waals surface area contributed by atoms with Gasteiger partial charge in [0.1, 0.15) is 0 Å². The highest BCUT2D eigenvalue weighted by atomic mass is 35.5. The van der Waals surface area contributed by atoms with Gasteiger partial charge in [0, 0.05) is 32.6 Å². The molecule has 0 fully saturated rings. The van der Waals surface area contributed by atoms with Crippen LogP contribution in [-0.4, -0.2) is 5.78 Å². The average Bonchev–Trinajstić information content (AvgIpc) is 2.69. The van der Waals surface area contributed by atoms with Gasteiger partial charge in [-0.15, -0.1) is 11.8 Å². The summed E-state index contributed by atoms with van der Waals surface area (Å²) in [6.07, 6.45) is 1.39. The normalized spacial score (nSPS) is 21.5. The molecule has 0 radical (unpaired) electrons. The van der Waals surface area contributed by atoms with Crippen molar-refractivity contribution < 1.29 is 4.79 Å². The molecule has 0 saturated heterocycles. The van der Waals surface area contributed by atoms with E-state index in [0.29, 0.717) is 16.5 Å². The summed E-state index contributed by atoms with van der Waals surface area (Å²) in [4.78, 5) is 14.2. The summed E-state index contributed by atoms with van der Waals surface area (Å²) < 4.78 is 0. The van der Waals surface area contributed by atoms with E-state index in [0.717, 1.165) is 33.8 Å². The second-order valence-electron chi connectivity index (χ2n) is 7.62. The number of rotatable bonds is 1. The van der Waals surface area contributed by atoms with E-state index in [2.05, 4.69) is 31.3 Å². The Morgan fingerprint density at radius 3 is 2.65 bits per heavy atom. The largest absolute Gasteiger partial charge is 0.358 e. The zero-order valence-electron chi connectivity index (χ0n) is 14.6. The third-order valence-electron chi connectivity index (χ3n) is 4.84. The molecule has 1 atom stereocenters. The number of carbonyl (C=O) groups is 1. The first kappa shape index (κ1) is 18.0. The van der Waals surface area contributed by atoms with Crippen molar-refractivity contribution in [3.8, 4) is 0 Å². The van der Waals surface area contributed by atoms with Crippen LogP contribution in [0.25, 0.3) is 0 Å². The van der Waals surface area contributed by atoms with Crippen molar-refractivity contribution >= 4 is 46.4 Å². The summed E-state index contributed by atoms with van der Waals surface area (Å²) in [5.41, 5.74) is 3.78. The Hall–Kier alpha value is -1.42. The van der Waals surface area contributed by atoms with Crippen molar-refractivity contribution in [1.29, 1.82) is 0 Å². The van der Waals surface area contributed by atoms with E-state index in [-0.39, 0.29) is 16.4 Å². The third kappa shape index (κ3) is 3.28. The molecular formula is C21H19Cl2NOS. The summed E-state index contributed by atoms with van der Waals surface area (Å²) in [5, 5.41) is 4.60. The van der Waals surface area contributed by atoms with Crippen LogP contribution >= 0.6 is 35.0 Å². The number of Topliss-reactive ketones (excluding diaryl/α,β-unsaturated/α-hetero) is 1. The quantitative estimate of drug-likeness (QED) is 0.561. The molecule has 4 rings (SSSR count). The molecule has 2 nitrogen and oxygen atoms in total. The second-order valence-corrected chi connectivity index (χ2v) is 9.61. The molecule has 0 amide bonds. The van der Waals surface area contributed by atoms with E-state index in [1.54, 1.807) is 17.8 Å². The van der Waals surface area contributed by atoms with Crippen LogP contribution in [0, 0.1) is 5.41 Å². The maximum Gasteiger partial charge on any atom is 0.162 e. The Balaban J connectivity index is 1.91. The number of anilines is 1. The molecule has 2 aliphatic rings. The van der Waals surface area contributed by atoms with Crippen molar-refractivity contribution in [3.63, 3.8) is 0 Å². The number of nitrogens with one attached hydrogen (secondary N) is 1. The highest BCUT2D eigenvalue weighted by molar-refractivity contribution is 8.00. The fourth-order valence-corrected chi connectivity index (χ4v) is 5.67. The molecular weight excluding hydrogens is 385 g/mol. The van der Waals surface area contributed by atoms with E-state index in [9.17, 15) is 4.79 Å². The Labute approximate surface area is 168 Å². The van der Waals surface area contributed by atoms with Crippen molar-refractivity contribution in [3.05, 3.63) is 69.3 Å². The van der Waals surface area contributed by atoms with Crippen LogP contribution in [0.5, 0.6) is 0 Å². The Morgan fingerprint density at radius 2 is 1.88 bits per heavy atom. The lowest BCUT2D eigenvalue weighted by Crippen LogP contribution is -2.29. The van der Waals surface area contributed by atoms with Gasteiger partial charge in [0.05, 0.1) is 10.9 Å². The van der Waals surface area contributed by atoms with Crippen molar-refractivity contribution in [2.45, 2.75) is 36.8 Å². The van der Waals surface area contributed by atoms with E-state index < -0.39 is 0 Å². The molecule has 0 aromatic heterocycles. The monoisotopic (exact) mass is 403 g/mol. The highest BCUT2D eigenvalue weighted by Gasteiger charge is 2.39. The number of carbonyl (C=O) groups excluding carboxylic acids is 1. The summed E-state index contributed by atoms with van der Waals surface area (Å²) in [6.45, 7) is 4.29. The van der Waals surface area contributed by atoms with Gasteiger partial charge in [-0.3, -0.25) is 4.79 Å². The molecule has 2 aromatic rings. The molecule has 0 bridgehead atoms. The number of fused-ring (bicyclic) bond motifs is 1. The minimum atomic E-state index is -0.144. The standard InChI is InChI=1S/C21H19Cl2NOS/c1-21(2)10-16-19(17(25)11-21)20(13-8-7-12(22)9-14(13)23)26-18-6-4-3-5-15(18)24-16/h3-9,20,24H,10-11H2,1-2H3. The van der Waals surface area contributed by atoms with E-state index in [1.165, 1.54) is 0 Å². The third-order valence-corrected chi connectivity index (χ3v) is 6.74. The fourth-order valence-electron chi connectivity index (χ4n) is 3.70. The maximum absolute atomic E-state index is 13.1. The van der Waals surface area contributed by atoms with Crippen molar-refractivity contribution in [2.24, 2.45) is 5.41 Å².